The van der Waals surface area contributed by atoms with E-state index in [0.717, 1.165) is 17.9 Å². The van der Waals surface area contributed by atoms with E-state index in [1.165, 1.54) is 5.56 Å². The Kier molecular flexibility index (Phi) is 5.09. The van der Waals surface area contributed by atoms with Gasteiger partial charge in [-0.05, 0) is 29.7 Å². The van der Waals surface area contributed by atoms with Gasteiger partial charge < -0.3 is 10.2 Å². The minimum absolute atomic E-state index is 0.246. The summed E-state index contributed by atoms with van der Waals surface area (Å²) in [6, 6.07) is 18.7. The van der Waals surface area contributed by atoms with Crippen molar-refractivity contribution in [1.82, 2.24) is 0 Å². The molecular formula is C19H24N2O2S. The van der Waals surface area contributed by atoms with E-state index in [1.54, 1.807) is 0 Å². The van der Waals surface area contributed by atoms with E-state index in [1.807, 2.05) is 18.2 Å². The summed E-state index contributed by atoms with van der Waals surface area (Å²) in [4.78, 5) is 2.15. The lowest BCUT2D eigenvalue weighted by atomic mass is 10.0. The first kappa shape index (κ1) is 16.8. The molecule has 0 aliphatic carbocycles. The highest BCUT2D eigenvalue weighted by atomic mass is 32.2. The fourth-order valence-corrected chi connectivity index (χ4v) is 4.15. The van der Waals surface area contributed by atoms with Gasteiger partial charge in [-0.3, -0.25) is 0 Å². The average molecular weight is 344 g/mol. The third-order valence-corrected chi connectivity index (χ3v) is 6.15. The van der Waals surface area contributed by atoms with Crippen LogP contribution in [0.2, 0.25) is 0 Å². The van der Waals surface area contributed by atoms with E-state index in [4.69, 9.17) is 0 Å². The lowest BCUT2D eigenvalue weighted by Crippen LogP contribution is -2.40. The molecule has 1 aliphatic rings. The van der Waals surface area contributed by atoms with E-state index in [-0.39, 0.29) is 11.5 Å². The summed E-state index contributed by atoms with van der Waals surface area (Å²) in [5.74, 6) is 0.917. The zero-order chi connectivity index (χ0) is 17.0. The maximum Gasteiger partial charge on any atom is 0.153 e. The van der Waals surface area contributed by atoms with Crippen molar-refractivity contribution in [2.45, 2.75) is 12.8 Å². The van der Waals surface area contributed by atoms with Crippen LogP contribution in [0.15, 0.2) is 54.6 Å². The molecule has 128 valence electrons. The van der Waals surface area contributed by atoms with E-state index >= 15 is 0 Å². The number of nitrogens with one attached hydrogen (secondary N) is 1. The Bertz CT molecular complexity index is 761. The van der Waals surface area contributed by atoms with Crippen LogP contribution in [0.25, 0.3) is 0 Å². The number of nitrogens with zero attached hydrogens (tertiary/aromatic N) is 1. The normalized spacial score (nSPS) is 18.1. The molecule has 0 bridgehead atoms. The highest BCUT2D eigenvalue weighted by molar-refractivity contribution is 7.91. The summed E-state index contributed by atoms with van der Waals surface area (Å²) in [5, 5.41) is 3.49. The van der Waals surface area contributed by atoms with Gasteiger partial charge >= 0.3 is 0 Å². The van der Waals surface area contributed by atoms with Crippen LogP contribution < -0.4 is 10.2 Å². The molecule has 1 atom stereocenters. The molecule has 1 aliphatic heterocycles. The van der Waals surface area contributed by atoms with Crippen molar-refractivity contribution in [2.24, 2.45) is 0 Å². The number of sulfone groups is 1. The highest BCUT2D eigenvalue weighted by Gasteiger charge is 2.21. The van der Waals surface area contributed by atoms with Crippen LogP contribution >= 0.6 is 0 Å². The lowest BCUT2D eigenvalue weighted by Gasteiger charge is -2.29. The van der Waals surface area contributed by atoms with Gasteiger partial charge in [-0.25, -0.2) is 8.42 Å². The van der Waals surface area contributed by atoms with E-state index < -0.39 is 9.84 Å². The molecule has 5 heteroatoms. The van der Waals surface area contributed by atoms with Crippen LogP contribution in [0, 0.1) is 0 Å². The summed E-state index contributed by atoms with van der Waals surface area (Å²) in [7, 11) is -2.84. The zero-order valence-corrected chi connectivity index (χ0v) is 14.8. The van der Waals surface area contributed by atoms with Gasteiger partial charge in [0, 0.05) is 31.0 Å². The molecule has 0 amide bonds. The van der Waals surface area contributed by atoms with Crippen molar-refractivity contribution in [2.75, 3.05) is 41.4 Å². The second-order valence-corrected chi connectivity index (χ2v) is 8.69. The molecule has 0 aromatic heterocycles. The van der Waals surface area contributed by atoms with Gasteiger partial charge in [-0.1, -0.05) is 43.3 Å². The van der Waals surface area contributed by atoms with Crippen molar-refractivity contribution in [3.05, 3.63) is 60.2 Å². The van der Waals surface area contributed by atoms with Crippen molar-refractivity contribution < 1.29 is 8.42 Å². The van der Waals surface area contributed by atoms with Crippen molar-refractivity contribution in [3.63, 3.8) is 0 Å². The van der Waals surface area contributed by atoms with E-state index in [9.17, 15) is 8.42 Å². The maximum atomic E-state index is 11.6. The molecule has 2 aromatic carbocycles. The maximum absolute atomic E-state index is 11.6. The summed E-state index contributed by atoms with van der Waals surface area (Å²) < 4.78 is 23.1. The molecule has 4 nitrogen and oxygen atoms in total. The van der Waals surface area contributed by atoms with Gasteiger partial charge in [0.1, 0.15) is 0 Å². The van der Waals surface area contributed by atoms with E-state index in [0.29, 0.717) is 19.0 Å². The highest BCUT2D eigenvalue weighted by Crippen LogP contribution is 2.22. The molecule has 0 saturated carbocycles. The van der Waals surface area contributed by atoms with Gasteiger partial charge in [-0.15, -0.1) is 0 Å². The first-order valence-electron chi connectivity index (χ1n) is 8.38. The quantitative estimate of drug-likeness (QED) is 0.905. The molecular weight excluding hydrogens is 320 g/mol. The topological polar surface area (TPSA) is 49.4 Å². The third kappa shape index (κ3) is 4.29. The van der Waals surface area contributed by atoms with Crippen LogP contribution in [-0.4, -0.2) is 39.6 Å². The van der Waals surface area contributed by atoms with Gasteiger partial charge in [-0.2, -0.15) is 0 Å². The number of benzene rings is 2. The lowest BCUT2D eigenvalue weighted by molar-refractivity contribution is 0.587. The molecule has 0 radical (unpaired) electrons. The Morgan fingerprint density at radius 3 is 2.46 bits per heavy atom. The van der Waals surface area contributed by atoms with Gasteiger partial charge in [0.2, 0.25) is 0 Å². The largest absolute Gasteiger partial charge is 0.384 e. The summed E-state index contributed by atoms with van der Waals surface area (Å²) in [5.41, 5.74) is 3.48. The number of hydrogen-bond donors (Lipinski definition) is 1. The Labute approximate surface area is 144 Å². The molecule has 1 saturated heterocycles. The molecule has 1 unspecified atom stereocenters. The zero-order valence-electron chi connectivity index (χ0n) is 14.0. The Hall–Kier alpha value is -2.01. The van der Waals surface area contributed by atoms with Gasteiger partial charge in [0.25, 0.3) is 0 Å². The second-order valence-electron chi connectivity index (χ2n) is 6.38. The minimum Gasteiger partial charge on any atom is -0.384 e. The third-order valence-electron chi connectivity index (χ3n) is 4.54. The number of hydrogen-bond acceptors (Lipinski definition) is 4. The Balaban J connectivity index is 1.61. The SMILES string of the molecule is CC(CNc1cccc(N2CCS(=O)(=O)CC2)c1)c1ccccc1. The fraction of sp³-hybridized carbons (Fsp3) is 0.368. The standard InChI is InChI=1S/C19H24N2O2S/c1-16(17-6-3-2-4-7-17)15-20-18-8-5-9-19(14-18)21-10-12-24(22,23)13-11-21/h2-9,14,16,20H,10-13,15H2,1H3. The smallest absolute Gasteiger partial charge is 0.153 e. The van der Waals surface area contributed by atoms with E-state index in [2.05, 4.69) is 53.5 Å². The van der Waals surface area contributed by atoms with Crippen molar-refractivity contribution in [1.29, 1.82) is 0 Å². The molecule has 24 heavy (non-hydrogen) atoms. The number of rotatable bonds is 5. The van der Waals surface area contributed by atoms with Crippen LogP contribution in [-0.2, 0) is 9.84 Å². The average Bonchev–Trinajstić information content (AvgIpc) is 2.60. The molecule has 1 heterocycles. The van der Waals surface area contributed by atoms with Crippen molar-refractivity contribution >= 4 is 21.2 Å². The van der Waals surface area contributed by atoms with Crippen molar-refractivity contribution in [3.8, 4) is 0 Å². The van der Waals surface area contributed by atoms with Gasteiger partial charge in [0.05, 0.1) is 11.5 Å². The summed E-state index contributed by atoms with van der Waals surface area (Å²) in [6.07, 6.45) is 0. The minimum atomic E-state index is -2.84. The molecule has 1 N–H and O–H groups in total. The van der Waals surface area contributed by atoms with Crippen LogP contribution in [0.3, 0.4) is 0 Å². The second kappa shape index (κ2) is 7.26. The fourth-order valence-electron chi connectivity index (χ4n) is 2.95. The molecule has 2 aromatic rings. The molecule has 3 rings (SSSR count). The van der Waals surface area contributed by atoms with Gasteiger partial charge in [0.15, 0.2) is 9.84 Å². The summed E-state index contributed by atoms with van der Waals surface area (Å²) >= 11 is 0. The van der Waals surface area contributed by atoms with Crippen LogP contribution in [0.5, 0.6) is 0 Å². The Morgan fingerprint density at radius 1 is 1.04 bits per heavy atom. The first-order chi connectivity index (χ1) is 11.5. The first-order valence-corrected chi connectivity index (χ1v) is 10.2. The van der Waals surface area contributed by atoms with Crippen LogP contribution in [0.4, 0.5) is 11.4 Å². The molecule has 1 fully saturated rings. The predicted molar refractivity (Wildman–Crippen MR) is 101 cm³/mol. The number of anilines is 2. The molecule has 0 spiro atoms. The Morgan fingerprint density at radius 2 is 1.75 bits per heavy atom. The van der Waals surface area contributed by atoms with Crippen LogP contribution in [0.1, 0.15) is 18.4 Å². The summed E-state index contributed by atoms with van der Waals surface area (Å²) in [6.45, 7) is 4.22. The monoisotopic (exact) mass is 344 g/mol. The predicted octanol–water partition coefficient (Wildman–Crippen LogP) is 3.14.